The Kier molecular flexibility index (Phi) is 2.69. The van der Waals surface area contributed by atoms with Crippen LogP contribution in [0.25, 0.3) is 0 Å². The molecule has 1 radical (unpaired) electrons. The molecule has 55 valence electrons. The van der Waals surface area contributed by atoms with E-state index in [1.807, 2.05) is 0 Å². The summed E-state index contributed by atoms with van der Waals surface area (Å²) < 4.78 is 0. The molecule has 1 nitrogen and oxygen atoms in total. The number of aliphatic hydroxyl groups is 1. The predicted molar refractivity (Wildman–Crippen MR) is 42.4 cm³/mol. The second-order valence-corrected chi connectivity index (χ2v) is 2.63. The van der Waals surface area contributed by atoms with Gasteiger partial charge in [0, 0.05) is 6.61 Å². The van der Waals surface area contributed by atoms with E-state index in [0.29, 0.717) is 5.92 Å². The molecule has 0 saturated carbocycles. The first-order valence-electron chi connectivity index (χ1n) is 3.66. The highest BCUT2D eigenvalue weighted by Gasteiger charge is 2.05. The first kappa shape index (κ1) is 7.55. The van der Waals surface area contributed by atoms with Crippen LogP contribution in [-0.2, 0) is 0 Å². The maximum atomic E-state index is 8.62. The zero-order valence-corrected chi connectivity index (χ0v) is 6.25. The van der Waals surface area contributed by atoms with Crippen LogP contribution in [0.15, 0.2) is 23.8 Å². The Morgan fingerprint density at radius 3 is 3.00 bits per heavy atom. The Hall–Kier alpha value is -0.560. The van der Waals surface area contributed by atoms with E-state index >= 15 is 0 Å². The molecule has 0 heterocycles. The lowest BCUT2D eigenvalue weighted by Crippen LogP contribution is -2.00. The van der Waals surface area contributed by atoms with Crippen molar-refractivity contribution in [2.75, 3.05) is 6.61 Å². The molecule has 0 saturated heterocycles. The number of hydrogen-bond acceptors (Lipinski definition) is 1. The van der Waals surface area contributed by atoms with Gasteiger partial charge in [0.25, 0.3) is 0 Å². The normalized spacial score (nSPS) is 24.6. The largest absolute Gasteiger partial charge is 0.396 e. The third-order valence-electron chi connectivity index (χ3n) is 1.60. The van der Waals surface area contributed by atoms with Gasteiger partial charge < -0.3 is 5.11 Å². The van der Waals surface area contributed by atoms with Gasteiger partial charge >= 0.3 is 0 Å². The van der Waals surface area contributed by atoms with Crippen molar-refractivity contribution in [2.45, 2.75) is 13.3 Å². The third kappa shape index (κ3) is 1.99. The highest BCUT2D eigenvalue weighted by molar-refractivity contribution is 5.27. The molecular weight excluding hydrogens is 124 g/mol. The lowest BCUT2D eigenvalue weighted by molar-refractivity contribution is 0.299. The summed E-state index contributed by atoms with van der Waals surface area (Å²) in [6, 6.07) is 0. The van der Waals surface area contributed by atoms with E-state index in [4.69, 9.17) is 5.11 Å². The van der Waals surface area contributed by atoms with Crippen LogP contribution in [0.3, 0.4) is 0 Å². The van der Waals surface area contributed by atoms with Crippen molar-refractivity contribution in [3.63, 3.8) is 0 Å². The zero-order valence-electron chi connectivity index (χ0n) is 6.25. The quantitative estimate of drug-likeness (QED) is 0.614. The minimum Gasteiger partial charge on any atom is -0.396 e. The fourth-order valence-corrected chi connectivity index (χ4v) is 1.10. The lowest BCUT2D eigenvalue weighted by Gasteiger charge is -2.12. The van der Waals surface area contributed by atoms with Gasteiger partial charge in [-0.15, -0.1) is 0 Å². The molecule has 0 aromatic rings. The smallest absolute Gasteiger partial charge is 0.0468 e. The van der Waals surface area contributed by atoms with Crippen LogP contribution in [-0.4, -0.2) is 11.7 Å². The van der Waals surface area contributed by atoms with Crippen molar-refractivity contribution >= 4 is 0 Å². The molecule has 0 aromatic heterocycles. The topological polar surface area (TPSA) is 20.2 Å². The van der Waals surface area contributed by atoms with E-state index in [1.54, 1.807) is 0 Å². The SMILES string of the molecule is CC1[CH]C(CCO)=CC=C1. The molecule has 1 aliphatic carbocycles. The monoisotopic (exact) mass is 137 g/mol. The Bertz CT molecular complexity index is 156. The molecule has 0 spiro atoms. The molecule has 1 heteroatoms. The Balaban J connectivity index is 2.45. The summed E-state index contributed by atoms with van der Waals surface area (Å²) >= 11 is 0. The molecule has 0 aromatic carbocycles. The fourth-order valence-electron chi connectivity index (χ4n) is 1.10. The summed E-state index contributed by atoms with van der Waals surface area (Å²) in [6.45, 7) is 2.39. The Morgan fingerprint density at radius 2 is 2.40 bits per heavy atom. The maximum absolute atomic E-state index is 8.62. The number of hydrogen-bond donors (Lipinski definition) is 1. The number of allylic oxidation sites excluding steroid dienone is 3. The number of rotatable bonds is 2. The van der Waals surface area contributed by atoms with Gasteiger partial charge in [-0.3, -0.25) is 0 Å². The average molecular weight is 137 g/mol. The number of aliphatic hydroxyl groups excluding tert-OH is 1. The summed E-state index contributed by atoms with van der Waals surface area (Å²) in [6.07, 6.45) is 9.21. The van der Waals surface area contributed by atoms with Gasteiger partial charge in [0.05, 0.1) is 0 Å². The summed E-state index contributed by atoms with van der Waals surface area (Å²) in [4.78, 5) is 0. The molecule has 0 aliphatic heterocycles. The minimum absolute atomic E-state index is 0.253. The van der Waals surface area contributed by atoms with Crippen LogP contribution in [0.5, 0.6) is 0 Å². The second kappa shape index (κ2) is 3.57. The molecule has 0 bridgehead atoms. The van der Waals surface area contributed by atoms with E-state index in [-0.39, 0.29) is 6.61 Å². The summed E-state index contributed by atoms with van der Waals surface area (Å²) in [7, 11) is 0. The molecule has 1 unspecified atom stereocenters. The first-order chi connectivity index (χ1) is 4.83. The lowest BCUT2D eigenvalue weighted by atomic mass is 9.94. The molecule has 1 aliphatic rings. The average Bonchev–Trinajstić information content (AvgIpc) is 1.88. The maximum Gasteiger partial charge on any atom is 0.0468 e. The highest BCUT2D eigenvalue weighted by Crippen LogP contribution is 2.18. The van der Waals surface area contributed by atoms with Gasteiger partial charge in [0.1, 0.15) is 0 Å². The van der Waals surface area contributed by atoms with Gasteiger partial charge in [-0.25, -0.2) is 0 Å². The molecule has 0 fully saturated rings. The fraction of sp³-hybridized carbons (Fsp3) is 0.444. The zero-order chi connectivity index (χ0) is 7.40. The summed E-state index contributed by atoms with van der Waals surface area (Å²) in [5.74, 6) is 0.534. The highest BCUT2D eigenvalue weighted by atomic mass is 16.2. The van der Waals surface area contributed by atoms with Crippen LogP contribution in [0.1, 0.15) is 13.3 Å². The molecule has 1 N–H and O–H groups in total. The molecule has 1 atom stereocenters. The van der Waals surface area contributed by atoms with Crippen molar-refractivity contribution in [2.24, 2.45) is 5.92 Å². The summed E-state index contributed by atoms with van der Waals surface area (Å²) in [5.41, 5.74) is 1.25. The van der Waals surface area contributed by atoms with Crippen LogP contribution in [0, 0.1) is 12.3 Å². The van der Waals surface area contributed by atoms with Crippen molar-refractivity contribution < 1.29 is 5.11 Å². The van der Waals surface area contributed by atoms with E-state index in [0.717, 1.165) is 6.42 Å². The Labute approximate surface area is 62.1 Å². The second-order valence-electron chi connectivity index (χ2n) is 2.63. The van der Waals surface area contributed by atoms with Crippen LogP contribution >= 0.6 is 0 Å². The van der Waals surface area contributed by atoms with E-state index < -0.39 is 0 Å². The predicted octanol–water partition coefficient (Wildman–Crippen LogP) is 1.71. The van der Waals surface area contributed by atoms with Crippen molar-refractivity contribution in [1.29, 1.82) is 0 Å². The summed E-state index contributed by atoms with van der Waals surface area (Å²) in [5, 5.41) is 8.62. The van der Waals surface area contributed by atoms with E-state index in [9.17, 15) is 0 Å². The molecule has 10 heavy (non-hydrogen) atoms. The standard InChI is InChI=1S/C9H13O/c1-8-3-2-4-9(7-8)5-6-10/h2-4,7-8,10H,5-6H2,1H3. The van der Waals surface area contributed by atoms with Crippen molar-refractivity contribution in [1.82, 2.24) is 0 Å². The van der Waals surface area contributed by atoms with Crippen LogP contribution in [0.2, 0.25) is 0 Å². The van der Waals surface area contributed by atoms with Crippen LogP contribution in [0.4, 0.5) is 0 Å². The first-order valence-corrected chi connectivity index (χ1v) is 3.66. The minimum atomic E-state index is 0.253. The van der Waals surface area contributed by atoms with Gasteiger partial charge in [-0.2, -0.15) is 0 Å². The van der Waals surface area contributed by atoms with Crippen molar-refractivity contribution in [3.8, 4) is 0 Å². The van der Waals surface area contributed by atoms with Gasteiger partial charge in [0.15, 0.2) is 0 Å². The van der Waals surface area contributed by atoms with E-state index in [2.05, 4.69) is 31.6 Å². The van der Waals surface area contributed by atoms with Gasteiger partial charge in [-0.05, 0) is 18.8 Å². The molecule has 0 amide bonds. The van der Waals surface area contributed by atoms with Gasteiger partial charge in [0.2, 0.25) is 0 Å². The van der Waals surface area contributed by atoms with Crippen molar-refractivity contribution in [3.05, 3.63) is 30.2 Å². The van der Waals surface area contributed by atoms with E-state index in [1.165, 1.54) is 5.57 Å². The van der Waals surface area contributed by atoms with Gasteiger partial charge in [-0.1, -0.05) is 30.7 Å². The van der Waals surface area contributed by atoms with Crippen LogP contribution < -0.4 is 0 Å². The molecule has 1 rings (SSSR count). The molecular formula is C9H13O. The third-order valence-corrected chi connectivity index (χ3v) is 1.60. The Morgan fingerprint density at radius 1 is 1.60 bits per heavy atom.